The van der Waals surface area contributed by atoms with Crippen LogP contribution in [0.2, 0.25) is 0 Å². The number of hydrogen-bond donors (Lipinski definition) is 1. The van der Waals surface area contributed by atoms with Crippen molar-refractivity contribution in [3.63, 3.8) is 0 Å². The second kappa shape index (κ2) is 5.68. The van der Waals surface area contributed by atoms with Crippen molar-refractivity contribution < 1.29 is 0 Å². The number of hydrogen-bond acceptors (Lipinski definition) is 1. The van der Waals surface area contributed by atoms with E-state index in [-0.39, 0.29) is 0 Å². The highest BCUT2D eigenvalue weighted by molar-refractivity contribution is 5.23. The van der Waals surface area contributed by atoms with Gasteiger partial charge in [0.2, 0.25) is 0 Å². The lowest BCUT2D eigenvalue weighted by Crippen LogP contribution is -2.34. The Hall–Kier alpha value is -0.820. The first-order valence-corrected chi connectivity index (χ1v) is 7.03. The van der Waals surface area contributed by atoms with E-state index in [1.807, 2.05) is 0 Å². The van der Waals surface area contributed by atoms with Gasteiger partial charge < -0.3 is 5.32 Å². The third-order valence-corrected chi connectivity index (χ3v) is 4.22. The highest BCUT2D eigenvalue weighted by atomic mass is 15.0. The van der Waals surface area contributed by atoms with Crippen molar-refractivity contribution >= 4 is 0 Å². The van der Waals surface area contributed by atoms with Crippen LogP contribution in [-0.2, 0) is 0 Å². The molecule has 0 aromatic heterocycles. The van der Waals surface area contributed by atoms with E-state index in [4.69, 9.17) is 0 Å². The molecule has 94 valence electrons. The van der Waals surface area contributed by atoms with E-state index in [0.717, 1.165) is 12.0 Å². The molecule has 1 nitrogen and oxygen atoms in total. The van der Waals surface area contributed by atoms with E-state index in [1.54, 1.807) is 0 Å². The second-order valence-electron chi connectivity index (χ2n) is 5.50. The Morgan fingerprint density at radius 3 is 2.59 bits per heavy atom. The predicted octanol–water partition coefficient (Wildman–Crippen LogP) is 4.22. The monoisotopic (exact) mass is 231 g/mol. The standard InChI is InChI=1S/C16H25N/c1-4-14-6-5-7-16(14)17-13(3)15-10-8-12(2)9-11-15/h8-11,13-14,16-17H,4-7H2,1-3H3. The Balaban J connectivity index is 1.96. The van der Waals surface area contributed by atoms with Crippen molar-refractivity contribution in [2.24, 2.45) is 5.92 Å². The van der Waals surface area contributed by atoms with Gasteiger partial charge in [0.1, 0.15) is 0 Å². The molecule has 0 radical (unpaired) electrons. The second-order valence-corrected chi connectivity index (χ2v) is 5.50. The highest BCUT2D eigenvalue weighted by Gasteiger charge is 2.26. The van der Waals surface area contributed by atoms with Crippen LogP contribution in [0.1, 0.15) is 56.7 Å². The first-order valence-electron chi connectivity index (χ1n) is 7.03. The van der Waals surface area contributed by atoms with Gasteiger partial charge in [0.25, 0.3) is 0 Å². The summed E-state index contributed by atoms with van der Waals surface area (Å²) in [6.07, 6.45) is 5.48. The van der Waals surface area contributed by atoms with Crippen molar-refractivity contribution in [1.82, 2.24) is 5.32 Å². The molecule has 0 aliphatic heterocycles. The summed E-state index contributed by atoms with van der Waals surface area (Å²) in [5, 5.41) is 3.82. The van der Waals surface area contributed by atoms with Crippen molar-refractivity contribution in [2.75, 3.05) is 0 Å². The topological polar surface area (TPSA) is 12.0 Å². The minimum atomic E-state index is 0.479. The molecule has 3 atom stereocenters. The molecule has 1 aromatic carbocycles. The Bertz CT molecular complexity index is 341. The quantitative estimate of drug-likeness (QED) is 0.818. The van der Waals surface area contributed by atoms with Gasteiger partial charge in [-0.1, -0.05) is 49.6 Å². The largest absolute Gasteiger partial charge is 0.307 e. The molecule has 1 saturated carbocycles. The molecule has 1 fully saturated rings. The number of nitrogens with one attached hydrogen (secondary N) is 1. The van der Waals surface area contributed by atoms with Crippen LogP contribution in [0, 0.1) is 12.8 Å². The lowest BCUT2D eigenvalue weighted by molar-refractivity contribution is 0.360. The van der Waals surface area contributed by atoms with Crippen molar-refractivity contribution in [3.8, 4) is 0 Å². The predicted molar refractivity (Wildman–Crippen MR) is 74.1 cm³/mol. The summed E-state index contributed by atoms with van der Waals surface area (Å²) < 4.78 is 0. The SMILES string of the molecule is CCC1CCCC1NC(C)c1ccc(C)cc1. The van der Waals surface area contributed by atoms with Crippen LogP contribution >= 0.6 is 0 Å². The van der Waals surface area contributed by atoms with Crippen LogP contribution < -0.4 is 5.32 Å². The molecule has 0 heterocycles. The van der Waals surface area contributed by atoms with E-state index < -0.39 is 0 Å². The molecule has 1 heteroatoms. The Morgan fingerprint density at radius 1 is 1.24 bits per heavy atom. The molecule has 0 bridgehead atoms. The van der Waals surface area contributed by atoms with Gasteiger partial charge >= 0.3 is 0 Å². The smallest absolute Gasteiger partial charge is 0.0294 e. The Labute approximate surface area is 106 Å². The zero-order valence-electron chi connectivity index (χ0n) is 11.4. The van der Waals surface area contributed by atoms with Gasteiger partial charge in [0.05, 0.1) is 0 Å². The molecule has 1 aromatic rings. The minimum Gasteiger partial charge on any atom is -0.307 e. The molecule has 17 heavy (non-hydrogen) atoms. The van der Waals surface area contributed by atoms with E-state index in [0.29, 0.717) is 6.04 Å². The van der Waals surface area contributed by atoms with E-state index in [2.05, 4.69) is 50.4 Å². The van der Waals surface area contributed by atoms with Crippen molar-refractivity contribution in [2.45, 2.75) is 58.5 Å². The molecule has 1 aliphatic carbocycles. The third kappa shape index (κ3) is 3.10. The number of benzene rings is 1. The van der Waals surface area contributed by atoms with Gasteiger partial charge in [-0.25, -0.2) is 0 Å². The molecule has 3 unspecified atom stereocenters. The fraction of sp³-hybridized carbons (Fsp3) is 0.625. The molecule has 1 N–H and O–H groups in total. The first kappa shape index (κ1) is 12.6. The van der Waals surface area contributed by atoms with Gasteiger partial charge in [0, 0.05) is 12.1 Å². The molecule has 0 amide bonds. The molecule has 0 spiro atoms. The van der Waals surface area contributed by atoms with Crippen LogP contribution in [0.4, 0.5) is 0 Å². The van der Waals surface area contributed by atoms with Crippen LogP contribution in [0.5, 0.6) is 0 Å². The average Bonchev–Trinajstić information content (AvgIpc) is 2.77. The summed E-state index contributed by atoms with van der Waals surface area (Å²) in [5.41, 5.74) is 2.76. The fourth-order valence-corrected chi connectivity index (χ4v) is 3.02. The maximum absolute atomic E-state index is 3.82. The highest BCUT2D eigenvalue weighted by Crippen LogP contribution is 2.30. The molecule has 2 rings (SSSR count). The van der Waals surface area contributed by atoms with Gasteiger partial charge in [-0.3, -0.25) is 0 Å². The third-order valence-electron chi connectivity index (χ3n) is 4.22. The summed E-state index contributed by atoms with van der Waals surface area (Å²) in [7, 11) is 0. The van der Waals surface area contributed by atoms with Crippen LogP contribution in [-0.4, -0.2) is 6.04 Å². The van der Waals surface area contributed by atoms with Crippen LogP contribution in [0.15, 0.2) is 24.3 Å². The number of rotatable bonds is 4. The summed E-state index contributed by atoms with van der Waals surface area (Å²) in [4.78, 5) is 0. The summed E-state index contributed by atoms with van der Waals surface area (Å²) >= 11 is 0. The average molecular weight is 231 g/mol. The van der Waals surface area contributed by atoms with Crippen LogP contribution in [0.25, 0.3) is 0 Å². The number of aryl methyl sites for hydroxylation is 1. The van der Waals surface area contributed by atoms with Gasteiger partial charge in [-0.15, -0.1) is 0 Å². The molecular formula is C16H25N. The maximum Gasteiger partial charge on any atom is 0.0294 e. The first-order chi connectivity index (χ1) is 8.20. The van der Waals surface area contributed by atoms with Crippen molar-refractivity contribution in [3.05, 3.63) is 35.4 Å². The minimum absolute atomic E-state index is 0.479. The Kier molecular flexibility index (Phi) is 4.22. The fourth-order valence-electron chi connectivity index (χ4n) is 3.02. The zero-order valence-corrected chi connectivity index (χ0v) is 11.4. The van der Waals surface area contributed by atoms with Gasteiger partial charge in [-0.05, 0) is 38.2 Å². The summed E-state index contributed by atoms with van der Waals surface area (Å²) in [6.45, 7) is 6.75. The lowest BCUT2D eigenvalue weighted by Gasteiger charge is -2.24. The van der Waals surface area contributed by atoms with E-state index >= 15 is 0 Å². The molecule has 0 saturated heterocycles. The van der Waals surface area contributed by atoms with Crippen molar-refractivity contribution in [1.29, 1.82) is 0 Å². The van der Waals surface area contributed by atoms with Gasteiger partial charge in [0.15, 0.2) is 0 Å². The summed E-state index contributed by atoms with van der Waals surface area (Å²) in [6, 6.07) is 10.1. The van der Waals surface area contributed by atoms with E-state index in [1.165, 1.54) is 36.8 Å². The lowest BCUT2D eigenvalue weighted by atomic mass is 9.98. The summed E-state index contributed by atoms with van der Waals surface area (Å²) in [5.74, 6) is 0.892. The maximum atomic E-state index is 3.82. The van der Waals surface area contributed by atoms with Crippen LogP contribution in [0.3, 0.4) is 0 Å². The normalized spacial score (nSPS) is 26.1. The molecule has 1 aliphatic rings. The molecular weight excluding hydrogens is 206 g/mol. The van der Waals surface area contributed by atoms with Gasteiger partial charge in [-0.2, -0.15) is 0 Å². The zero-order chi connectivity index (χ0) is 12.3. The Morgan fingerprint density at radius 2 is 1.94 bits per heavy atom. The van der Waals surface area contributed by atoms with E-state index in [9.17, 15) is 0 Å².